The quantitative estimate of drug-likeness (QED) is 0.492. The normalized spacial score (nSPS) is 18.9. The lowest BCUT2D eigenvalue weighted by Crippen LogP contribution is -2.14. The second-order valence-corrected chi connectivity index (χ2v) is 7.37. The van der Waals surface area contributed by atoms with Crippen LogP contribution in [0.5, 0.6) is 0 Å². The zero-order valence-electron chi connectivity index (χ0n) is 18.3. The predicted octanol–water partition coefficient (Wildman–Crippen LogP) is 2.90. The molecule has 1 aliphatic heterocycles. The van der Waals surface area contributed by atoms with Gasteiger partial charge in [0.25, 0.3) is 0 Å². The van der Waals surface area contributed by atoms with Crippen LogP contribution < -0.4 is 0 Å². The molecule has 1 aromatic carbocycles. The molecular weight excluding hydrogens is 412 g/mol. The van der Waals surface area contributed by atoms with E-state index in [0.717, 1.165) is 33.2 Å². The Morgan fingerprint density at radius 1 is 0.406 bits per heavy atom. The van der Waals surface area contributed by atoms with Gasteiger partial charge >= 0.3 is 0 Å². The first-order chi connectivity index (χ1) is 15.9. The first-order valence-electron chi connectivity index (χ1n) is 11.0. The summed E-state index contributed by atoms with van der Waals surface area (Å²) in [6.07, 6.45) is 0. The molecule has 8 nitrogen and oxygen atoms in total. The number of ether oxygens (including phenoxy) is 6. The van der Waals surface area contributed by atoms with Gasteiger partial charge in [0.2, 0.25) is 0 Å². The molecule has 172 valence electrons. The van der Waals surface area contributed by atoms with E-state index in [2.05, 4.69) is 24.3 Å². The SMILES string of the molecule is c1cc2ccc3ccc4nc3c2nc1COCCOCCOCCOCCOCCOC4. The minimum atomic E-state index is 0.423. The van der Waals surface area contributed by atoms with Gasteiger partial charge < -0.3 is 28.4 Å². The summed E-state index contributed by atoms with van der Waals surface area (Å²) < 4.78 is 33.5. The fourth-order valence-corrected chi connectivity index (χ4v) is 3.36. The lowest BCUT2D eigenvalue weighted by molar-refractivity contribution is -0.0188. The highest BCUT2D eigenvalue weighted by molar-refractivity contribution is 6.02. The summed E-state index contributed by atoms with van der Waals surface area (Å²) in [6, 6.07) is 12.2. The topological polar surface area (TPSA) is 81.2 Å². The minimum Gasteiger partial charge on any atom is -0.377 e. The Morgan fingerprint density at radius 2 is 0.719 bits per heavy atom. The van der Waals surface area contributed by atoms with E-state index >= 15 is 0 Å². The Hall–Kier alpha value is -2.20. The predicted molar refractivity (Wildman–Crippen MR) is 120 cm³/mol. The average molecular weight is 443 g/mol. The van der Waals surface area contributed by atoms with Crippen molar-refractivity contribution >= 4 is 21.8 Å². The summed E-state index contributed by atoms with van der Waals surface area (Å²) in [5.74, 6) is 0. The number of benzene rings is 1. The van der Waals surface area contributed by atoms with Crippen LogP contribution in [0.3, 0.4) is 0 Å². The standard InChI is InChI=1S/C24H30N2O6/c1-2-20-4-6-22-18-32-16-14-30-12-10-28-8-7-27-9-11-29-13-15-31-17-21-5-3-19(1)23(25-21)24(20)26-22/h1-6H,7-18H2. The van der Waals surface area contributed by atoms with Gasteiger partial charge in [-0.25, -0.2) is 9.97 Å². The first kappa shape index (κ1) is 23.0. The van der Waals surface area contributed by atoms with E-state index in [4.69, 9.17) is 38.4 Å². The van der Waals surface area contributed by atoms with Crippen LogP contribution in [0, 0.1) is 0 Å². The number of rotatable bonds is 0. The summed E-state index contributed by atoms with van der Waals surface area (Å²) in [5, 5.41) is 2.10. The van der Waals surface area contributed by atoms with Gasteiger partial charge in [0.1, 0.15) is 0 Å². The fourth-order valence-electron chi connectivity index (χ4n) is 3.36. The summed E-state index contributed by atoms with van der Waals surface area (Å²) >= 11 is 0. The maximum absolute atomic E-state index is 5.74. The van der Waals surface area contributed by atoms with Crippen molar-refractivity contribution in [3.05, 3.63) is 47.8 Å². The molecule has 0 spiro atoms. The van der Waals surface area contributed by atoms with E-state index in [0.29, 0.717) is 79.3 Å². The molecule has 0 aliphatic carbocycles. The first-order valence-corrected chi connectivity index (χ1v) is 11.0. The highest BCUT2D eigenvalue weighted by atomic mass is 16.6. The number of hydrogen-bond acceptors (Lipinski definition) is 8. The van der Waals surface area contributed by atoms with E-state index in [1.165, 1.54) is 0 Å². The van der Waals surface area contributed by atoms with Crippen LogP contribution in [0.2, 0.25) is 0 Å². The van der Waals surface area contributed by atoms with Crippen LogP contribution in [0.15, 0.2) is 36.4 Å². The molecule has 1 aliphatic rings. The largest absolute Gasteiger partial charge is 0.377 e. The molecule has 0 unspecified atom stereocenters. The molecule has 0 amide bonds. The molecule has 0 saturated heterocycles. The van der Waals surface area contributed by atoms with Crippen LogP contribution in [0.4, 0.5) is 0 Å². The number of nitrogens with zero attached hydrogens (tertiary/aromatic N) is 2. The van der Waals surface area contributed by atoms with Crippen LogP contribution in [-0.4, -0.2) is 76.0 Å². The molecule has 3 heterocycles. The van der Waals surface area contributed by atoms with E-state index in [1.54, 1.807) is 0 Å². The third-order valence-electron chi connectivity index (χ3n) is 4.99. The summed E-state index contributed by atoms with van der Waals surface area (Å²) in [4.78, 5) is 9.64. The van der Waals surface area contributed by atoms with Gasteiger partial charge in [-0.3, -0.25) is 0 Å². The molecule has 0 atom stereocenters. The molecule has 8 heteroatoms. The molecule has 4 bridgehead atoms. The van der Waals surface area contributed by atoms with Crippen LogP contribution in [0.25, 0.3) is 21.8 Å². The third kappa shape index (κ3) is 6.90. The molecule has 4 rings (SSSR count). The lowest BCUT2D eigenvalue weighted by atomic mass is 10.1. The summed E-state index contributed by atoms with van der Waals surface area (Å²) in [5.41, 5.74) is 3.47. The van der Waals surface area contributed by atoms with Gasteiger partial charge in [-0.2, -0.15) is 0 Å². The zero-order chi connectivity index (χ0) is 21.8. The second kappa shape index (κ2) is 12.7. The van der Waals surface area contributed by atoms with Crippen molar-refractivity contribution in [1.29, 1.82) is 0 Å². The number of aromatic nitrogens is 2. The van der Waals surface area contributed by atoms with Crippen molar-refractivity contribution in [2.45, 2.75) is 13.2 Å². The zero-order valence-corrected chi connectivity index (χ0v) is 18.3. The molecule has 3 aromatic rings. The fraction of sp³-hybridized carbons (Fsp3) is 0.500. The Bertz CT molecular complexity index is 905. The smallest absolute Gasteiger partial charge is 0.0969 e. The van der Waals surface area contributed by atoms with Gasteiger partial charge in [-0.15, -0.1) is 0 Å². The van der Waals surface area contributed by atoms with Gasteiger partial charge in [-0.05, 0) is 12.1 Å². The lowest BCUT2D eigenvalue weighted by Gasteiger charge is -2.10. The van der Waals surface area contributed by atoms with E-state index in [-0.39, 0.29) is 0 Å². The van der Waals surface area contributed by atoms with Crippen molar-refractivity contribution in [3.8, 4) is 0 Å². The van der Waals surface area contributed by atoms with Gasteiger partial charge in [0.15, 0.2) is 0 Å². The molecule has 0 saturated carbocycles. The Balaban J connectivity index is 1.44. The maximum atomic E-state index is 5.74. The number of pyridine rings is 2. The van der Waals surface area contributed by atoms with E-state index < -0.39 is 0 Å². The molecule has 0 fully saturated rings. The van der Waals surface area contributed by atoms with Gasteiger partial charge in [0.05, 0.1) is 102 Å². The minimum absolute atomic E-state index is 0.423. The van der Waals surface area contributed by atoms with Crippen LogP contribution in [0.1, 0.15) is 11.4 Å². The molecule has 32 heavy (non-hydrogen) atoms. The van der Waals surface area contributed by atoms with Gasteiger partial charge in [0, 0.05) is 10.8 Å². The number of fused-ring (bicyclic) bond motifs is 2. The number of hydrogen-bond donors (Lipinski definition) is 0. The molecule has 2 aromatic heterocycles. The third-order valence-corrected chi connectivity index (χ3v) is 4.99. The Morgan fingerprint density at radius 3 is 1.09 bits per heavy atom. The van der Waals surface area contributed by atoms with E-state index in [1.807, 2.05) is 12.1 Å². The van der Waals surface area contributed by atoms with Crippen LogP contribution >= 0.6 is 0 Å². The maximum Gasteiger partial charge on any atom is 0.0969 e. The van der Waals surface area contributed by atoms with Crippen molar-refractivity contribution in [3.63, 3.8) is 0 Å². The second-order valence-electron chi connectivity index (χ2n) is 7.37. The van der Waals surface area contributed by atoms with Crippen molar-refractivity contribution in [2.75, 3.05) is 66.1 Å². The van der Waals surface area contributed by atoms with E-state index in [9.17, 15) is 0 Å². The Labute approximate surface area is 187 Å². The average Bonchev–Trinajstić information content (AvgIpc) is 2.82. The Kier molecular flexibility index (Phi) is 9.15. The molecular formula is C24H30N2O6. The van der Waals surface area contributed by atoms with Crippen LogP contribution in [-0.2, 0) is 41.6 Å². The van der Waals surface area contributed by atoms with Crippen molar-refractivity contribution in [2.24, 2.45) is 0 Å². The molecule has 0 N–H and O–H groups in total. The van der Waals surface area contributed by atoms with Crippen molar-refractivity contribution < 1.29 is 28.4 Å². The summed E-state index contributed by atoms with van der Waals surface area (Å²) in [6.45, 7) is 6.07. The van der Waals surface area contributed by atoms with Crippen molar-refractivity contribution in [1.82, 2.24) is 9.97 Å². The monoisotopic (exact) mass is 442 g/mol. The molecule has 0 radical (unpaired) electrons. The summed E-state index contributed by atoms with van der Waals surface area (Å²) in [7, 11) is 0. The highest BCUT2D eigenvalue weighted by Crippen LogP contribution is 2.23. The van der Waals surface area contributed by atoms with Gasteiger partial charge in [-0.1, -0.05) is 24.3 Å². The highest BCUT2D eigenvalue weighted by Gasteiger charge is 2.07.